The van der Waals surface area contributed by atoms with Gasteiger partial charge in [0.2, 0.25) is 5.91 Å². The molecule has 1 N–H and O–H groups in total. The first-order valence-electron chi connectivity index (χ1n) is 6.36. The largest absolute Gasteiger partial charge is 1.00 e. The van der Waals surface area contributed by atoms with Crippen LogP contribution < -0.4 is 26.8 Å². The molecule has 0 aliphatic heterocycles. The van der Waals surface area contributed by atoms with Crippen LogP contribution in [0, 0.1) is 0 Å². The molecular formula is C15H23BrN2O. The van der Waals surface area contributed by atoms with E-state index in [4.69, 9.17) is 0 Å². The first kappa shape index (κ1) is 17.9. The fraction of sp³-hybridized carbons (Fsp3) is 0.400. The molecule has 0 spiro atoms. The second-order valence-corrected chi connectivity index (χ2v) is 5.00. The Hall–Kier alpha value is -1.13. The van der Waals surface area contributed by atoms with Crippen LogP contribution in [-0.4, -0.2) is 26.5 Å². The summed E-state index contributed by atoms with van der Waals surface area (Å²) in [6.07, 6.45) is 3.69. The molecule has 0 aliphatic rings. The number of nitrogens with one attached hydrogen (secondary N) is 1. The van der Waals surface area contributed by atoms with Crippen LogP contribution in [0.15, 0.2) is 36.9 Å². The molecule has 0 bridgehead atoms. The summed E-state index contributed by atoms with van der Waals surface area (Å²) in [4.78, 5) is 11.2. The Kier molecular flexibility index (Phi) is 7.64. The molecule has 106 valence electrons. The number of hydrogen-bond donors (Lipinski definition) is 1. The number of carbonyl (C=O) groups excluding carboxylic acids is 1. The van der Waals surface area contributed by atoms with Crippen LogP contribution in [0.25, 0.3) is 0 Å². The SMILES string of the molecule is C=CC(=O)Nc1ccc([N+](C)(C)CCCC)cc1.[Br-]. The van der Waals surface area contributed by atoms with Crippen molar-refractivity contribution in [1.82, 2.24) is 4.48 Å². The van der Waals surface area contributed by atoms with Crippen molar-refractivity contribution >= 4 is 17.3 Å². The minimum Gasteiger partial charge on any atom is -1.00 e. The average Bonchev–Trinajstić information content (AvgIpc) is 2.37. The van der Waals surface area contributed by atoms with Gasteiger partial charge in [0.1, 0.15) is 5.69 Å². The lowest BCUT2D eigenvalue weighted by Gasteiger charge is -2.29. The predicted molar refractivity (Wildman–Crippen MR) is 78.7 cm³/mol. The number of hydrogen-bond acceptors (Lipinski definition) is 1. The van der Waals surface area contributed by atoms with E-state index in [0.717, 1.165) is 16.7 Å². The Morgan fingerprint density at radius 2 is 1.89 bits per heavy atom. The van der Waals surface area contributed by atoms with Gasteiger partial charge in [-0.05, 0) is 24.6 Å². The summed E-state index contributed by atoms with van der Waals surface area (Å²) in [7, 11) is 4.40. The van der Waals surface area contributed by atoms with E-state index in [2.05, 4.69) is 45.0 Å². The smallest absolute Gasteiger partial charge is 0.247 e. The van der Waals surface area contributed by atoms with Crippen LogP contribution in [0.3, 0.4) is 0 Å². The molecule has 0 aliphatic carbocycles. The monoisotopic (exact) mass is 326 g/mol. The topological polar surface area (TPSA) is 29.1 Å². The Morgan fingerprint density at radius 3 is 2.37 bits per heavy atom. The Morgan fingerprint density at radius 1 is 1.32 bits per heavy atom. The van der Waals surface area contributed by atoms with Gasteiger partial charge in [0, 0.05) is 17.8 Å². The van der Waals surface area contributed by atoms with E-state index in [1.165, 1.54) is 24.6 Å². The van der Waals surface area contributed by atoms with Crippen molar-refractivity contribution in [1.29, 1.82) is 0 Å². The molecule has 0 saturated heterocycles. The molecule has 0 unspecified atom stereocenters. The number of rotatable bonds is 6. The summed E-state index contributed by atoms with van der Waals surface area (Å²) in [6, 6.07) is 7.99. The van der Waals surface area contributed by atoms with E-state index in [1.807, 2.05) is 12.1 Å². The van der Waals surface area contributed by atoms with Crippen LogP contribution in [-0.2, 0) is 4.79 Å². The lowest BCUT2D eigenvalue weighted by molar-refractivity contribution is -0.111. The second-order valence-electron chi connectivity index (χ2n) is 5.00. The standard InChI is InChI=1S/C15H22N2O.BrH/c1-5-7-12-17(3,4)14-10-8-13(9-11-14)16-15(18)6-2;/h6,8-11H,2,5,7,12H2,1,3-4H3;1H. The van der Waals surface area contributed by atoms with Crippen molar-refractivity contribution in [2.24, 2.45) is 0 Å². The van der Waals surface area contributed by atoms with Gasteiger partial charge in [-0.15, -0.1) is 0 Å². The molecule has 1 aromatic rings. The molecule has 19 heavy (non-hydrogen) atoms. The maximum atomic E-state index is 11.2. The molecular weight excluding hydrogens is 304 g/mol. The Labute approximate surface area is 126 Å². The summed E-state index contributed by atoms with van der Waals surface area (Å²) in [6.45, 7) is 6.75. The van der Waals surface area contributed by atoms with Crippen molar-refractivity contribution in [3.05, 3.63) is 36.9 Å². The molecule has 0 radical (unpaired) electrons. The highest BCUT2D eigenvalue weighted by atomic mass is 79.9. The van der Waals surface area contributed by atoms with Crippen molar-refractivity contribution in [3.63, 3.8) is 0 Å². The van der Waals surface area contributed by atoms with Crippen molar-refractivity contribution in [2.45, 2.75) is 19.8 Å². The average molecular weight is 327 g/mol. The van der Waals surface area contributed by atoms with E-state index in [9.17, 15) is 4.79 Å². The molecule has 0 atom stereocenters. The number of benzene rings is 1. The summed E-state index contributed by atoms with van der Waals surface area (Å²) in [5.41, 5.74) is 2.05. The fourth-order valence-electron chi connectivity index (χ4n) is 1.82. The normalized spacial score (nSPS) is 10.5. The summed E-state index contributed by atoms with van der Waals surface area (Å²) >= 11 is 0. The van der Waals surface area contributed by atoms with Gasteiger partial charge in [-0.25, -0.2) is 0 Å². The van der Waals surface area contributed by atoms with Crippen LogP contribution in [0.4, 0.5) is 11.4 Å². The van der Waals surface area contributed by atoms with Crippen LogP contribution in [0.2, 0.25) is 0 Å². The van der Waals surface area contributed by atoms with E-state index in [1.54, 1.807) is 0 Å². The molecule has 1 amide bonds. The zero-order valence-corrected chi connectivity index (χ0v) is 13.5. The van der Waals surface area contributed by atoms with Gasteiger partial charge < -0.3 is 22.3 Å². The Balaban J connectivity index is 0.00000324. The van der Waals surface area contributed by atoms with Gasteiger partial charge in [-0.3, -0.25) is 9.28 Å². The highest BCUT2D eigenvalue weighted by Gasteiger charge is 2.17. The maximum absolute atomic E-state index is 11.2. The van der Waals surface area contributed by atoms with Crippen LogP contribution >= 0.6 is 0 Å². The zero-order chi connectivity index (χ0) is 13.6. The van der Waals surface area contributed by atoms with E-state index >= 15 is 0 Å². The van der Waals surface area contributed by atoms with E-state index < -0.39 is 0 Å². The molecule has 4 heteroatoms. The first-order chi connectivity index (χ1) is 8.49. The third-order valence-corrected chi connectivity index (χ3v) is 3.09. The van der Waals surface area contributed by atoms with Gasteiger partial charge in [-0.2, -0.15) is 0 Å². The molecule has 3 nitrogen and oxygen atoms in total. The van der Waals surface area contributed by atoms with E-state index in [0.29, 0.717) is 0 Å². The van der Waals surface area contributed by atoms with Crippen molar-refractivity contribution in [3.8, 4) is 0 Å². The lowest BCUT2D eigenvalue weighted by atomic mass is 10.2. The van der Waals surface area contributed by atoms with Gasteiger partial charge in [-0.1, -0.05) is 19.9 Å². The summed E-state index contributed by atoms with van der Waals surface area (Å²) in [5.74, 6) is -0.178. The predicted octanol–water partition coefficient (Wildman–Crippen LogP) is 0.182. The third kappa shape index (κ3) is 5.57. The number of unbranched alkanes of at least 4 members (excludes halogenated alkanes) is 1. The van der Waals surface area contributed by atoms with Crippen molar-refractivity contribution < 1.29 is 21.8 Å². The van der Waals surface area contributed by atoms with Crippen molar-refractivity contribution in [2.75, 3.05) is 26.0 Å². The number of amides is 1. The summed E-state index contributed by atoms with van der Waals surface area (Å²) < 4.78 is 0.865. The van der Waals surface area contributed by atoms with E-state index in [-0.39, 0.29) is 22.9 Å². The van der Waals surface area contributed by atoms with Gasteiger partial charge in [0.25, 0.3) is 0 Å². The quantitative estimate of drug-likeness (QED) is 0.586. The van der Waals surface area contributed by atoms with Gasteiger partial charge in [0.15, 0.2) is 0 Å². The Bertz CT molecular complexity index is 413. The number of halogens is 1. The van der Waals surface area contributed by atoms with Gasteiger partial charge in [0.05, 0.1) is 20.6 Å². The zero-order valence-electron chi connectivity index (χ0n) is 11.9. The third-order valence-electron chi connectivity index (χ3n) is 3.09. The second kappa shape index (κ2) is 8.12. The molecule has 0 fully saturated rings. The highest BCUT2D eigenvalue weighted by molar-refractivity contribution is 5.98. The first-order valence-corrected chi connectivity index (χ1v) is 6.36. The molecule has 0 heterocycles. The highest BCUT2D eigenvalue weighted by Crippen LogP contribution is 2.22. The molecule has 1 rings (SSSR count). The molecule has 0 saturated carbocycles. The number of nitrogens with zero attached hydrogens (tertiary/aromatic N) is 1. The fourth-order valence-corrected chi connectivity index (χ4v) is 1.82. The minimum atomic E-state index is -0.178. The molecule has 0 aromatic heterocycles. The number of carbonyl (C=O) groups is 1. The maximum Gasteiger partial charge on any atom is 0.247 e. The molecule has 1 aromatic carbocycles. The number of quaternary nitrogens is 1. The van der Waals surface area contributed by atoms with Crippen LogP contribution in [0.5, 0.6) is 0 Å². The lowest BCUT2D eigenvalue weighted by Crippen LogP contribution is -3.00. The van der Waals surface area contributed by atoms with Gasteiger partial charge >= 0.3 is 0 Å². The summed E-state index contributed by atoms with van der Waals surface area (Å²) in [5, 5.41) is 2.75. The van der Waals surface area contributed by atoms with Crippen LogP contribution in [0.1, 0.15) is 19.8 Å². The number of anilines is 1. The minimum absolute atomic E-state index is 0.